The molecule has 1 aromatic carbocycles. The van der Waals surface area contributed by atoms with Gasteiger partial charge in [-0.3, -0.25) is 0 Å². The van der Waals surface area contributed by atoms with Gasteiger partial charge in [-0.1, -0.05) is 50.0 Å². The average molecular weight is 272 g/mol. The molecule has 17 heavy (non-hydrogen) atoms. The first kappa shape index (κ1) is 13.2. The lowest BCUT2D eigenvalue weighted by atomic mass is 9.77. The quantitative estimate of drug-likeness (QED) is 0.794. The molecule has 2 rings (SSSR count). The molecular weight excluding hydrogens is 253 g/mol. The molecule has 0 aliphatic carbocycles. The van der Waals surface area contributed by atoms with E-state index in [0.717, 1.165) is 6.54 Å². The van der Waals surface area contributed by atoms with Gasteiger partial charge in [0.25, 0.3) is 0 Å². The molecule has 1 N–H and O–H groups in total. The first-order valence-corrected chi connectivity index (χ1v) is 6.83. The molecular formula is C14H19Cl2N. The summed E-state index contributed by atoms with van der Waals surface area (Å²) in [7, 11) is 0. The van der Waals surface area contributed by atoms with Gasteiger partial charge in [-0.15, -0.1) is 0 Å². The van der Waals surface area contributed by atoms with Crippen LogP contribution in [-0.2, 0) is 0 Å². The first-order chi connectivity index (χ1) is 7.89. The van der Waals surface area contributed by atoms with Gasteiger partial charge in [0.2, 0.25) is 0 Å². The molecule has 0 radical (unpaired) electrons. The van der Waals surface area contributed by atoms with Crippen LogP contribution in [0.5, 0.6) is 0 Å². The summed E-state index contributed by atoms with van der Waals surface area (Å²) in [6, 6.07) is 6.52. The lowest BCUT2D eigenvalue weighted by molar-refractivity contribution is 0.274. The fourth-order valence-electron chi connectivity index (χ4n) is 2.72. The molecule has 1 aliphatic heterocycles. The Kier molecular flexibility index (Phi) is 3.72. The highest BCUT2D eigenvalue weighted by Gasteiger charge is 2.36. The predicted octanol–water partition coefficient (Wildman–Crippen LogP) is 4.49. The van der Waals surface area contributed by atoms with E-state index in [-0.39, 0.29) is 5.41 Å². The number of hydrogen-bond acceptors (Lipinski definition) is 1. The van der Waals surface area contributed by atoms with Crippen molar-refractivity contribution in [3.63, 3.8) is 0 Å². The van der Waals surface area contributed by atoms with Crippen molar-refractivity contribution in [1.29, 1.82) is 0 Å². The Morgan fingerprint density at radius 3 is 2.47 bits per heavy atom. The molecule has 3 heteroatoms. The molecule has 2 atom stereocenters. The van der Waals surface area contributed by atoms with Crippen LogP contribution in [0.25, 0.3) is 0 Å². The molecule has 1 fully saturated rings. The maximum atomic E-state index is 6.10. The molecule has 94 valence electrons. The lowest BCUT2D eigenvalue weighted by Gasteiger charge is -2.32. The zero-order valence-electron chi connectivity index (χ0n) is 10.6. The highest BCUT2D eigenvalue weighted by molar-refractivity contribution is 6.42. The number of benzene rings is 1. The Bertz CT molecular complexity index is 409. The van der Waals surface area contributed by atoms with Gasteiger partial charge in [-0.05, 0) is 36.1 Å². The third-order valence-electron chi connectivity index (χ3n) is 3.53. The summed E-state index contributed by atoms with van der Waals surface area (Å²) in [5.41, 5.74) is 1.55. The second kappa shape index (κ2) is 4.79. The summed E-state index contributed by atoms with van der Waals surface area (Å²) >= 11 is 12.1. The van der Waals surface area contributed by atoms with Crippen LogP contribution >= 0.6 is 23.2 Å². The maximum absolute atomic E-state index is 6.10. The van der Waals surface area contributed by atoms with Crippen molar-refractivity contribution in [2.45, 2.75) is 39.2 Å². The zero-order chi connectivity index (χ0) is 12.6. The Labute approximate surface area is 114 Å². The fraction of sp³-hybridized carbons (Fsp3) is 0.571. The lowest BCUT2D eigenvalue weighted by Crippen LogP contribution is -2.38. The second-order valence-electron chi connectivity index (χ2n) is 5.87. The summed E-state index contributed by atoms with van der Waals surface area (Å²) in [5.74, 6) is 0.532. The van der Waals surface area contributed by atoms with E-state index in [1.807, 2.05) is 12.1 Å². The largest absolute Gasteiger partial charge is 0.313 e. The molecule has 1 nitrogen and oxygen atoms in total. The normalized spacial score (nSPS) is 25.2. The summed E-state index contributed by atoms with van der Waals surface area (Å²) in [6.07, 6.45) is 1.17. The monoisotopic (exact) mass is 271 g/mol. The van der Waals surface area contributed by atoms with Crippen LogP contribution in [0, 0.1) is 5.41 Å². The minimum atomic E-state index is 0.257. The van der Waals surface area contributed by atoms with E-state index in [9.17, 15) is 0 Å². The zero-order valence-corrected chi connectivity index (χ0v) is 12.1. The van der Waals surface area contributed by atoms with Crippen molar-refractivity contribution in [3.05, 3.63) is 33.8 Å². The van der Waals surface area contributed by atoms with Crippen molar-refractivity contribution in [2.75, 3.05) is 6.54 Å². The molecule has 0 aromatic heterocycles. The molecule has 1 aliphatic rings. The van der Waals surface area contributed by atoms with E-state index in [1.165, 1.54) is 12.0 Å². The molecule has 2 unspecified atom stereocenters. The average Bonchev–Trinajstić information content (AvgIpc) is 2.70. The summed E-state index contributed by atoms with van der Waals surface area (Å²) < 4.78 is 0. The number of rotatable bonds is 1. The van der Waals surface area contributed by atoms with Gasteiger partial charge in [-0.2, -0.15) is 0 Å². The van der Waals surface area contributed by atoms with Gasteiger partial charge < -0.3 is 5.32 Å². The van der Waals surface area contributed by atoms with Crippen molar-refractivity contribution in [2.24, 2.45) is 5.41 Å². The van der Waals surface area contributed by atoms with Crippen molar-refractivity contribution in [1.82, 2.24) is 5.32 Å². The minimum Gasteiger partial charge on any atom is -0.313 e. The number of halogens is 2. The predicted molar refractivity (Wildman–Crippen MR) is 75.1 cm³/mol. The van der Waals surface area contributed by atoms with E-state index in [2.05, 4.69) is 32.2 Å². The molecule has 0 amide bonds. The van der Waals surface area contributed by atoms with Crippen LogP contribution in [0.1, 0.15) is 38.7 Å². The van der Waals surface area contributed by atoms with Crippen LogP contribution in [0.3, 0.4) is 0 Å². The summed E-state index contributed by atoms with van der Waals surface area (Å²) in [5, 5.41) is 4.89. The molecule has 1 heterocycles. The molecule has 0 spiro atoms. The van der Waals surface area contributed by atoms with E-state index in [1.54, 1.807) is 0 Å². The first-order valence-electron chi connectivity index (χ1n) is 6.08. The van der Waals surface area contributed by atoms with Gasteiger partial charge in [0.05, 0.1) is 10.0 Å². The van der Waals surface area contributed by atoms with Crippen molar-refractivity contribution < 1.29 is 0 Å². The highest BCUT2D eigenvalue weighted by Crippen LogP contribution is 2.38. The van der Waals surface area contributed by atoms with Gasteiger partial charge in [-0.25, -0.2) is 0 Å². The molecule has 1 saturated heterocycles. The topological polar surface area (TPSA) is 12.0 Å². The van der Waals surface area contributed by atoms with Gasteiger partial charge in [0.1, 0.15) is 0 Å². The van der Waals surface area contributed by atoms with E-state index >= 15 is 0 Å². The Hall–Kier alpha value is -0.240. The molecule has 0 saturated carbocycles. The summed E-state index contributed by atoms with van der Waals surface area (Å²) in [6.45, 7) is 7.91. The van der Waals surface area contributed by atoms with Gasteiger partial charge in [0.15, 0.2) is 0 Å². The van der Waals surface area contributed by atoms with Crippen LogP contribution in [0.15, 0.2) is 18.2 Å². The minimum absolute atomic E-state index is 0.257. The van der Waals surface area contributed by atoms with E-state index in [4.69, 9.17) is 23.2 Å². The van der Waals surface area contributed by atoms with Crippen molar-refractivity contribution >= 4 is 23.2 Å². The third-order valence-corrected chi connectivity index (χ3v) is 4.27. The van der Waals surface area contributed by atoms with Crippen LogP contribution < -0.4 is 5.32 Å². The van der Waals surface area contributed by atoms with Gasteiger partial charge in [0, 0.05) is 12.0 Å². The SMILES string of the molecule is CC(C)(C)C1NCCC1c1ccc(Cl)c(Cl)c1. The standard InChI is InChI=1S/C14H19Cl2N/c1-14(2,3)13-10(6-7-17-13)9-4-5-11(15)12(16)8-9/h4-5,8,10,13,17H,6-7H2,1-3H3. The third kappa shape index (κ3) is 2.78. The fourth-order valence-corrected chi connectivity index (χ4v) is 3.02. The Morgan fingerprint density at radius 2 is 1.88 bits per heavy atom. The number of nitrogens with one attached hydrogen (secondary N) is 1. The van der Waals surface area contributed by atoms with Crippen LogP contribution in [0.4, 0.5) is 0 Å². The molecule has 0 bridgehead atoms. The van der Waals surface area contributed by atoms with E-state index in [0.29, 0.717) is 22.0 Å². The molecule has 1 aromatic rings. The van der Waals surface area contributed by atoms with Gasteiger partial charge >= 0.3 is 0 Å². The van der Waals surface area contributed by atoms with E-state index < -0.39 is 0 Å². The Balaban J connectivity index is 2.29. The van der Waals surface area contributed by atoms with Crippen molar-refractivity contribution in [3.8, 4) is 0 Å². The Morgan fingerprint density at radius 1 is 1.18 bits per heavy atom. The second-order valence-corrected chi connectivity index (χ2v) is 6.68. The smallest absolute Gasteiger partial charge is 0.0595 e. The maximum Gasteiger partial charge on any atom is 0.0595 e. The number of hydrogen-bond donors (Lipinski definition) is 1. The highest BCUT2D eigenvalue weighted by atomic mass is 35.5. The van der Waals surface area contributed by atoms with Crippen LogP contribution in [0.2, 0.25) is 10.0 Å². The summed E-state index contributed by atoms with van der Waals surface area (Å²) in [4.78, 5) is 0. The van der Waals surface area contributed by atoms with Crippen LogP contribution in [-0.4, -0.2) is 12.6 Å².